The fourth-order valence-corrected chi connectivity index (χ4v) is 2.51. The van der Waals surface area contributed by atoms with Crippen LogP contribution in [-0.4, -0.2) is 44.5 Å². The van der Waals surface area contributed by atoms with Crippen LogP contribution in [0.3, 0.4) is 0 Å². The number of rotatable bonds is 4. The van der Waals surface area contributed by atoms with Gasteiger partial charge in [-0.25, -0.2) is 4.98 Å². The fourth-order valence-electron chi connectivity index (χ4n) is 2.51. The molecule has 2 aromatic rings. The van der Waals surface area contributed by atoms with E-state index in [2.05, 4.69) is 9.97 Å². The zero-order valence-electron chi connectivity index (χ0n) is 11.8. The predicted octanol–water partition coefficient (Wildman–Crippen LogP) is 1.35. The second kappa shape index (κ2) is 6.39. The van der Waals surface area contributed by atoms with Crippen molar-refractivity contribution in [3.8, 4) is 5.88 Å². The van der Waals surface area contributed by atoms with Crippen molar-refractivity contribution < 1.29 is 9.53 Å². The van der Waals surface area contributed by atoms with Crippen LogP contribution in [0.5, 0.6) is 5.88 Å². The summed E-state index contributed by atoms with van der Waals surface area (Å²) < 4.78 is 7.68. The van der Waals surface area contributed by atoms with Crippen LogP contribution in [0, 0.1) is 0 Å². The first kappa shape index (κ1) is 13.6. The van der Waals surface area contributed by atoms with Crippen molar-refractivity contribution in [2.24, 2.45) is 0 Å². The van der Waals surface area contributed by atoms with Gasteiger partial charge < -0.3 is 14.2 Å². The monoisotopic (exact) mass is 286 g/mol. The minimum Gasteiger partial charge on any atom is -0.471 e. The maximum atomic E-state index is 12.3. The summed E-state index contributed by atoms with van der Waals surface area (Å²) in [5.41, 5.74) is 0. The zero-order chi connectivity index (χ0) is 14.5. The molecule has 0 aliphatic carbocycles. The highest BCUT2D eigenvalue weighted by molar-refractivity contribution is 5.76. The third-order valence-electron chi connectivity index (χ3n) is 3.54. The Morgan fingerprint density at radius 2 is 2.19 bits per heavy atom. The lowest BCUT2D eigenvalue weighted by molar-refractivity contribution is -0.134. The molecule has 6 heteroatoms. The highest BCUT2D eigenvalue weighted by Crippen LogP contribution is 2.16. The van der Waals surface area contributed by atoms with E-state index in [1.165, 1.54) is 0 Å². The number of likely N-dealkylation sites (tertiary alicyclic amines) is 1. The van der Waals surface area contributed by atoms with Crippen molar-refractivity contribution in [2.75, 3.05) is 13.1 Å². The molecule has 1 fully saturated rings. The minimum absolute atomic E-state index is 0.0101. The molecule has 0 saturated carbocycles. The third-order valence-corrected chi connectivity index (χ3v) is 3.54. The SMILES string of the molecule is O=C(Cn1cccc1)N1CCC[C@H](Oc2cnccn2)C1. The minimum atomic E-state index is -0.0101. The molecule has 0 radical (unpaired) electrons. The van der Waals surface area contributed by atoms with Crippen LogP contribution in [0.15, 0.2) is 43.1 Å². The molecular formula is C15H18N4O2. The van der Waals surface area contributed by atoms with E-state index in [4.69, 9.17) is 4.74 Å². The molecule has 6 nitrogen and oxygen atoms in total. The molecule has 1 atom stereocenters. The van der Waals surface area contributed by atoms with Crippen molar-refractivity contribution in [1.29, 1.82) is 0 Å². The number of carbonyl (C=O) groups is 1. The van der Waals surface area contributed by atoms with Crippen LogP contribution < -0.4 is 4.74 Å². The number of hydrogen-bond acceptors (Lipinski definition) is 4. The summed E-state index contributed by atoms with van der Waals surface area (Å²) in [5, 5.41) is 0. The normalized spacial score (nSPS) is 18.5. The first-order chi connectivity index (χ1) is 10.3. The first-order valence-corrected chi connectivity index (χ1v) is 7.12. The number of carbonyl (C=O) groups excluding carboxylic acids is 1. The largest absolute Gasteiger partial charge is 0.471 e. The summed E-state index contributed by atoms with van der Waals surface area (Å²) >= 11 is 0. The Morgan fingerprint density at radius 3 is 2.95 bits per heavy atom. The van der Waals surface area contributed by atoms with Crippen molar-refractivity contribution in [2.45, 2.75) is 25.5 Å². The predicted molar refractivity (Wildman–Crippen MR) is 76.7 cm³/mol. The van der Waals surface area contributed by atoms with E-state index in [-0.39, 0.29) is 12.0 Å². The number of hydrogen-bond donors (Lipinski definition) is 0. The second-order valence-electron chi connectivity index (χ2n) is 5.12. The fraction of sp³-hybridized carbons (Fsp3) is 0.400. The second-order valence-corrected chi connectivity index (χ2v) is 5.12. The van der Waals surface area contributed by atoms with Gasteiger partial charge in [0.15, 0.2) is 0 Å². The maximum Gasteiger partial charge on any atom is 0.242 e. The first-order valence-electron chi connectivity index (χ1n) is 7.12. The van der Waals surface area contributed by atoms with E-state index in [9.17, 15) is 4.79 Å². The lowest BCUT2D eigenvalue weighted by Gasteiger charge is -2.32. The summed E-state index contributed by atoms with van der Waals surface area (Å²) in [5.74, 6) is 0.640. The van der Waals surface area contributed by atoms with E-state index in [1.807, 2.05) is 34.0 Å². The standard InChI is InChI=1S/C15H18N4O2/c20-15(12-18-7-1-2-8-18)19-9-3-4-13(11-19)21-14-10-16-5-6-17-14/h1-2,5-8,10,13H,3-4,9,11-12H2/t13-/m0/s1. The van der Waals surface area contributed by atoms with Crippen molar-refractivity contribution in [1.82, 2.24) is 19.4 Å². The van der Waals surface area contributed by atoms with Crippen molar-refractivity contribution >= 4 is 5.91 Å². The molecule has 3 rings (SSSR count). The molecule has 3 heterocycles. The Hall–Kier alpha value is -2.37. The topological polar surface area (TPSA) is 60.2 Å². The van der Waals surface area contributed by atoms with E-state index >= 15 is 0 Å². The number of nitrogens with zero attached hydrogens (tertiary/aromatic N) is 4. The number of piperidine rings is 1. The van der Waals surface area contributed by atoms with Gasteiger partial charge in [-0.05, 0) is 25.0 Å². The zero-order valence-corrected chi connectivity index (χ0v) is 11.8. The Bertz CT molecular complexity index is 571. The molecule has 0 spiro atoms. The molecule has 1 aliphatic rings. The van der Waals surface area contributed by atoms with Crippen LogP contribution in [-0.2, 0) is 11.3 Å². The highest BCUT2D eigenvalue weighted by Gasteiger charge is 2.25. The summed E-state index contributed by atoms with van der Waals surface area (Å²) in [7, 11) is 0. The van der Waals surface area contributed by atoms with Gasteiger partial charge in [0.25, 0.3) is 0 Å². The maximum absolute atomic E-state index is 12.3. The lowest BCUT2D eigenvalue weighted by Crippen LogP contribution is -2.45. The van der Waals surface area contributed by atoms with Crippen LogP contribution in [0.25, 0.3) is 0 Å². The molecule has 1 amide bonds. The van der Waals surface area contributed by atoms with Crippen molar-refractivity contribution in [3.63, 3.8) is 0 Å². The van der Waals surface area contributed by atoms with Gasteiger partial charge in [0, 0.05) is 31.3 Å². The van der Waals surface area contributed by atoms with Gasteiger partial charge in [0.2, 0.25) is 11.8 Å². The highest BCUT2D eigenvalue weighted by atomic mass is 16.5. The van der Waals surface area contributed by atoms with E-state index < -0.39 is 0 Å². The van der Waals surface area contributed by atoms with Crippen LogP contribution >= 0.6 is 0 Å². The Kier molecular flexibility index (Phi) is 4.14. The molecule has 0 N–H and O–H groups in total. The number of amides is 1. The molecule has 1 saturated heterocycles. The van der Waals surface area contributed by atoms with E-state index in [0.29, 0.717) is 19.0 Å². The Balaban J connectivity index is 1.56. The summed E-state index contributed by atoms with van der Waals surface area (Å²) in [6.45, 7) is 1.78. The number of aromatic nitrogens is 3. The molecule has 21 heavy (non-hydrogen) atoms. The summed E-state index contributed by atoms with van der Waals surface area (Å²) in [6.07, 6.45) is 10.5. The molecular weight excluding hydrogens is 268 g/mol. The van der Waals surface area contributed by atoms with Crippen LogP contribution in [0.2, 0.25) is 0 Å². The molecule has 0 bridgehead atoms. The van der Waals surface area contributed by atoms with Crippen molar-refractivity contribution in [3.05, 3.63) is 43.1 Å². The van der Waals surface area contributed by atoms with E-state index in [0.717, 1.165) is 19.4 Å². The average Bonchev–Trinajstić information content (AvgIpc) is 3.01. The smallest absolute Gasteiger partial charge is 0.242 e. The molecule has 110 valence electrons. The van der Waals surface area contributed by atoms with E-state index in [1.54, 1.807) is 18.6 Å². The molecule has 1 aliphatic heterocycles. The lowest BCUT2D eigenvalue weighted by atomic mass is 10.1. The third kappa shape index (κ3) is 3.59. The van der Waals surface area contributed by atoms with Gasteiger partial charge in [-0.2, -0.15) is 0 Å². The molecule has 0 aromatic carbocycles. The quantitative estimate of drug-likeness (QED) is 0.851. The Labute approximate surface area is 123 Å². The van der Waals surface area contributed by atoms with Gasteiger partial charge >= 0.3 is 0 Å². The molecule has 0 unspecified atom stereocenters. The summed E-state index contributed by atoms with van der Waals surface area (Å²) in [4.78, 5) is 22.2. The summed E-state index contributed by atoms with van der Waals surface area (Å²) in [6, 6.07) is 3.84. The van der Waals surface area contributed by atoms with Gasteiger partial charge in [0.1, 0.15) is 12.6 Å². The Morgan fingerprint density at radius 1 is 1.33 bits per heavy atom. The van der Waals surface area contributed by atoms with Crippen LogP contribution in [0.4, 0.5) is 0 Å². The van der Waals surface area contributed by atoms with Crippen LogP contribution in [0.1, 0.15) is 12.8 Å². The van der Waals surface area contributed by atoms with Gasteiger partial charge in [-0.1, -0.05) is 0 Å². The van der Waals surface area contributed by atoms with Gasteiger partial charge in [0.05, 0.1) is 12.7 Å². The van der Waals surface area contributed by atoms with Gasteiger partial charge in [-0.3, -0.25) is 9.78 Å². The molecule has 2 aromatic heterocycles. The van der Waals surface area contributed by atoms with Gasteiger partial charge in [-0.15, -0.1) is 0 Å². The number of ether oxygens (including phenoxy) is 1. The average molecular weight is 286 g/mol.